The molecule has 1 atom stereocenters. The highest BCUT2D eigenvalue weighted by Crippen LogP contribution is 2.29. The van der Waals surface area contributed by atoms with Gasteiger partial charge >= 0.3 is 0 Å². The van der Waals surface area contributed by atoms with E-state index < -0.39 is 0 Å². The van der Waals surface area contributed by atoms with Crippen LogP contribution in [0.4, 0.5) is 5.69 Å². The van der Waals surface area contributed by atoms with Crippen molar-refractivity contribution in [2.75, 3.05) is 24.5 Å². The molecule has 0 aromatic heterocycles. The molecule has 0 amide bonds. The van der Waals surface area contributed by atoms with Gasteiger partial charge in [-0.05, 0) is 56.2 Å². The summed E-state index contributed by atoms with van der Waals surface area (Å²) in [6.07, 6.45) is 8.07. The highest BCUT2D eigenvalue weighted by molar-refractivity contribution is 5.55. The molecule has 2 heteroatoms. The summed E-state index contributed by atoms with van der Waals surface area (Å²) in [5.74, 6) is 0.793. The van der Waals surface area contributed by atoms with E-state index in [1.54, 1.807) is 5.56 Å². The Bertz CT molecular complexity index is 425. The maximum Gasteiger partial charge on any atom is 0.0398 e. The van der Waals surface area contributed by atoms with Crippen molar-refractivity contribution in [3.05, 3.63) is 29.8 Å². The third-order valence-electron chi connectivity index (χ3n) is 4.55. The third-order valence-corrected chi connectivity index (χ3v) is 4.55. The summed E-state index contributed by atoms with van der Waals surface area (Å²) in [5.41, 5.74) is 3.03. The molecule has 3 rings (SSSR count). The summed E-state index contributed by atoms with van der Waals surface area (Å²) in [6.45, 7) is 6.06. The molecule has 0 bridgehead atoms. The predicted octanol–water partition coefficient (Wildman–Crippen LogP) is 3.61. The number of nitrogens with zero attached hydrogens (tertiary/aromatic N) is 1. The van der Waals surface area contributed by atoms with Crippen LogP contribution >= 0.6 is 0 Å². The summed E-state index contributed by atoms with van der Waals surface area (Å²) < 4.78 is 0. The van der Waals surface area contributed by atoms with Crippen molar-refractivity contribution in [3.8, 4) is 0 Å². The molecular weight excluding hydrogens is 244 g/mol. The minimum atomic E-state index is 0.793. The topological polar surface area (TPSA) is 15.3 Å². The van der Waals surface area contributed by atoms with E-state index in [1.807, 2.05) is 0 Å². The van der Waals surface area contributed by atoms with E-state index in [2.05, 4.69) is 41.4 Å². The zero-order valence-corrected chi connectivity index (χ0v) is 12.8. The second-order valence-electron chi connectivity index (χ2n) is 6.67. The number of hydrogen-bond acceptors (Lipinski definition) is 2. The molecule has 1 saturated carbocycles. The number of anilines is 1. The van der Waals surface area contributed by atoms with Crippen LogP contribution in [0.15, 0.2) is 24.3 Å². The molecule has 110 valence electrons. The van der Waals surface area contributed by atoms with Gasteiger partial charge in [0.15, 0.2) is 0 Å². The highest BCUT2D eigenvalue weighted by Gasteiger charge is 2.21. The first-order valence-corrected chi connectivity index (χ1v) is 8.39. The van der Waals surface area contributed by atoms with Crippen LogP contribution < -0.4 is 10.2 Å². The largest absolute Gasteiger partial charge is 0.371 e. The molecule has 2 aliphatic rings. The van der Waals surface area contributed by atoms with Crippen molar-refractivity contribution in [1.82, 2.24) is 5.32 Å². The molecule has 0 radical (unpaired) electrons. The van der Waals surface area contributed by atoms with Crippen molar-refractivity contribution in [2.24, 2.45) is 5.92 Å². The molecule has 1 heterocycles. The fourth-order valence-electron chi connectivity index (χ4n) is 3.32. The molecule has 1 aromatic rings. The number of para-hydroxylation sites is 1. The number of hydrogen-bond donors (Lipinski definition) is 1. The maximum atomic E-state index is 3.60. The normalized spacial score (nSPS) is 21.9. The van der Waals surface area contributed by atoms with E-state index in [0.717, 1.165) is 12.0 Å². The van der Waals surface area contributed by atoms with E-state index in [4.69, 9.17) is 0 Å². The van der Waals surface area contributed by atoms with Crippen LogP contribution in [0.3, 0.4) is 0 Å². The average molecular weight is 272 g/mol. The van der Waals surface area contributed by atoms with Gasteiger partial charge in [-0.1, -0.05) is 31.5 Å². The average Bonchev–Trinajstić information content (AvgIpc) is 3.26. The molecule has 20 heavy (non-hydrogen) atoms. The molecule has 1 aliphatic carbocycles. The van der Waals surface area contributed by atoms with Gasteiger partial charge in [-0.15, -0.1) is 0 Å². The van der Waals surface area contributed by atoms with Crippen LogP contribution in [0, 0.1) is 5.92 Å². The van der Waals surface area contributed by atoms with Crippen LogP contribution in [-0.4, -0.2) is 25.7 Å². The molecule has 1 aliphatic heterocycles. The Kier molecular flexibility index (Phi) is 4.62. The Morgan fingerprint density at radius 1 is 1.15 bits per heavy atom. The monoisotopic (exact) mass is 272 g/mol. The Morgan fingerprint density at radius 3 is 2.85 bits per heavy atom. The lowest BCUT2D eigenvalue weighted by molar-refractivity contribution is 0.516. The smallest absolute Gasteiger partial charge is 0.0398 e. The molecule has 2 nitrogen and oxygen atoms in total. The third kappa shape index (κ3) is 3.76. The second kappa shape index (κ2) is 6.62. The summed E-state index contributed by atoms with van der Waals surface area (Å²) in [7, 11) is 0. The van der Waals surface area contributed by atoms with Gasteiger partial charge in [0.1, 0.15) is 0 Å². The van der Waals surface area contributed by atoms with Crippen molar-refractivity contribution in [3.63, 3.8) is 0 Å². The van der Waals surface area contributed by atoms with Crippen molar-refractivity contribution in [2.45, 2.75) is 51.5 Å². The van der Waals surface area contributed by atoms with Crippen LogP contribution in [-0.2, 0) is 6.42 Å². The zero-order valence-electron chi connectivity index (χ0n) is 12.8. The molecule has 0 spiro atoms. The molecule has 1 fully saturated rings. The van der Waals surface area contributed by atoms with Crippen molar-refractivity contribution >= 4 is 5.69 Å². The van der Waals surface area contributed by atoms with Crippen LogP contribution in [0.25, 0.3) is 0 Å². The van der Waals surface area contributed by atoms with Gasteiger partial charge in [0, 0.05) is 24.8 Å². The van der Waals surface area contributed by atoms with E-state index >= 15 is 0 Å². The SMILES string of the molecule is CC1Cc2ccccc2N(CCCCCNC2CC2)C1. The van der Waals surface area contributed by atoms with Crippen LogP contribution in [0.2, 0.25) is 0 Å². The van der Waals surface area contributed by atoms with E-state index in [9.17, 15) is 0 Å². The van der Waals surface area contributed by atoms with Gasteiger partial charge in [0.2, 0.25) is 0 Å². The number of rotatable bonds is 7. The van der Waals surface area contributed by atoms with Crippen molar-refractivity contribution in [1.29, 1.82) is 0 Å². The number of fused-ring (bicyclic) bond motifs is 1. The highest BCUT2D eigenvalue weighted by atomic mass is 15.1. The van der Waals surface area contributed by atoms with E-state index in [-0.39, 0.29) is 0 Å². The lowest BCUT2D eigenvalue weighted by Crippen LogP contribution is -2.35. The zero-order chi connectivity index (χ0) is 13.8. The van der Waals surface area contributed by atoms with E-state index in [1.165, 1.54) is 63.8 Å². The fraction of sp³-hybridized carbons (Fsp3) is 0.667. The minimum absolute atomic E-state index is 0.793. The predicted molar refractivity (Wildman–Crippen MR) is 86.4 cm³/mol. The van der Waals surface area contributed by atoms with Gasteiger partial charge in [-0.25, -0.2) is 0 Å². The van der Waals surface area contributed by atoms with Crippen LogP contribution in [0.1, 0.15) is 44.6 Å². The van der Waals surface area contributed by atoms with Crippen molar-refractivity contribution < 1.29 is 0 Å². The first kappa shape index (κ1) is 13.9. The quantitative estimate of drug-likeness (QED) is 0.763. The minimum Gasteiger partial charge on any atom is -0.371 e. The Balaban J connectivity index is 1.42. The summed E-state index contributed by atoms with van der Waals surface area (Å²) in [5, 5.41) is 3.60. The van der Waals surface area contributed by atoms with E-state index in [0.29, 0.717) is 0 Å². The first-order valence-electron chi connectivity index (χ1n) is 8.39. The maximum absolute atomic E-state index is 3.60. The first-order chi connectivity index (χ1) is 9.83. The lowest BCUT2D eigenvalue weighted by atomic mass is 9.94. The summed E-state index contributed by atoms with van der Waals surface area (Å²) in [4.78, 5) is 2.61. The molecular formula is C18H28N2. The lowest BCUT2D eigenvalue weighted by Gasteiger charge is -2.35. The molecule has 1 N–H and O–H groups in total. The van der Waals surface area contributed by atoms with Gasteiger partial charge in [-0.2, -0.15) is 0 Å². The fourth-order valence-corrected chi connectivity index (χ4v) is 3.32. The standard InChI is InChI=1S/C18H28N2/c1-15-13-16-7-3-4-8-18(16)20(14-15)12-6-2-5-11-19-17-9-10-17/h3-4,7-8,15,17,19H,2,5-6,9-14H2,1H3. The number of unbranched alkanes of at least 4 members (excludes halogenated alkanes) is 2. The van der Waals surface area contributed by atoms with Gasteiger partial charge in [-0.3, -0.25) is 0 Å². The van der Waals surface area contributed by atoms with Crippen LogP contribution in [0.5, 0.6) is 0 Å². The van der Waals surface area contributed by atoms with Gasteiger partial charge < -0.3 is 10.2 Å². The van der Waals surface area contributed by atoms with Gasteiger partial charge in [0.05, 0.1) is 0 Å². The Hall–Kier alpha value is -1.02. The summed E-state index contributed by atoms with van der Waals surface area (Å²) >= 11 is 0. The number of benzene rings is 1. The second-order valence-corrected chi connectivity index (χ2v) is 6.67. The summed E-state index contributed by atoms with van der Waals surface area (Å²) in [6, 6.07) is 9.83. The Labute approximate surface area is 123 Å². The molecule has 1 unspecified atom stereocenters. The molecule has 1 aromatic carbocycles. The molecule has 0 saturated heterocycles. The van der Waals surface area contributed by atoms with Gasteiger partial charge in [0.25, 0.3) is 0 Å². The number of nitrogens with one attached hydrogen (secondary N) is 1. The Morgan fingerprint density at radius 2 is 2.00 bits per heavy atom.